The number of carbonyl (C=O) groups is 2. The average Bonchev–Trinajstić information content (AvgIpc) is 2.35. The highest BCUT2D eigenvalue weighted by Gasteiger charge is 2.21. The van der Waals surface area contributed by atoms with Gasteiger partial charge in [-0.25, -0.2) is 0 Å². The van der Waals surface area contributed by atoms with Crippen molar-refractivity contribution < 1.29 is 14.7 Å². The summed E-state index contributed by atoms with van der Waals surface area (Å²) in [6.45, 7) is 6.18. The number of amides is 1. The van der Waals surface area contributed by atoms with Crippen LogP contribution >= 0.6 is 0 Å². The molecule has 0 aliphatic heterocycles. The second-order valence-electron chi connectivity index (χ2n) is 6.21. The van der Waals surface area contributed by atoms with Crippen LogP contribution in [0.15, 0.2) is 18.3 Å². The highest BCUT2D eigenvalue weighted by molar-refractivity contribution is 5.92. The highest BCUT2D eigenvalue weighted by atomic mass is 16.4. The first-order valence-corrected chi connectivity index (χ1v) is 6.88. The van der Waals surface area contributed by atoms with Gasteiger partial charge < -0.3 is 15.7 Å². The molecule has 1 rings (SSSR count). The molecule has 116 valence electrons. The average molecular weight is 293 g/mol. The number of carboxylic acids is 1. The molecule has 21 heavy (non-hydrogen) atoms. The number of anilines is 1. The fraction of sp³-hybridized carbons (Fsp3) is 0.533. The third-order valence-corrected chi connectivity index (χ3v) is 2.87. The molecule has 0 spiro atoms. The van der Waals surface area contributed by atoms with Crippen LogP contribution in [0.3, 0.4) is 0 Å². The van der Waals surface area contributed by atoms with Gasteiger partial charge in [0, 0.05) is 25.0 Å². The molecule has 1 heterocycles. The van der Waals surface area contributed by atoms with Crippen molar-refractivity contribution in [1.29, 1.82) is 0 Å². The van der Waals surface area contributed by atoms with Crippen molar-refractivity contribution in [2.45, 2.75) is 39.7 Å². The Hall–Kier alpha value is -2.11. The lowest BCUT2D eigenvalue weighted by atomic mass is 9.87. The minimum atomic E-state index is -0.850. The van der Waals surface area contributed by atoms with Gasteiger partial charge in [0.15, 0.2) is 0 Å². The lowest BCUT2D eigenvalue weighted by Gasteiger charge is -2.26. The van der Waals surface area contributed by atoms with Crippen molar-refractivity contribution >= 4 is 17.6 Å². The van der Waals surface area contributed by atoms with E-state index < -0.39 is 5.97 Å². The van der Waals surface area contributed by atoms with Crippen LogP contribution in [-0.2, 0) is 4.79 Å². The molecular formula is C15H23N3O3. The maximum absolute atomic E-state index is 11.6. The maximum Gasteiger partial charge on any atom is 0.305 e. The lowest BCUT2D eigenvalue weighted by molar-refractivity contribution is -0.137. The second kappa shape index (κ2) is 7.06. The van der Waals surface area contributed by atoms with Gasteiger partial charge in [-0.1, -0.05) is 20.8 Å². The van der Waals surface area contributed by atoms with Gasteiger partial charge in [0.2, 0.25) is 0 Å². The molecule has 0 aliphatic carbocycles. The fourth-order valence-electron chi connectivity index (χ4n) is 2.13. The van der Waals surface area contributed by atoms with E-state index in [1.165, 1.54) is 13.2 Å². The normalized spacial score (nSPS) is 12.6. The van der Waals surface area contributed by atoms with Crippen LogP contribution in [0.25, 0.3) is 0 Å². The zero-order valence-corrected chi connectivity index (χ0v) is 12.9. The van der Waals surface area contributed by atoms with Crippen molar-refractivity contribution in [3.63, 3.8) is 0 Å². The number of carboxylic acid groups (broad SMARTS) is 1. The van der Waals surface area contributed by atoms with E-state index in [2.05, 4.69) is 36.4 Å². The van der Waals surface area contributed by atoms with Crippen LogP contribution in [0.2, 0.25) is 0 Å². The predicted molar refractivity (Wildman–Crippen MR) is 81.4 cm³/mol. The van der Waals surface area contributed by atoms with Gasteiger partial charge >= 0.3 is 5.97 Å². The zero-order chi connectivity index (χ0) is 16.0. The summed E-state index contributed by atoms with van der Waals surface area (Å²) in [6, 6.07) is 3.14. The molecule has 3 N–H and O–H groups in total. The molecule has 1 unspecified atom stereocenters. The van der Waals surface area contributed by atoms with E-state index in [1.807, 2.05) is 0 Å². The topological polar surface area (TPSA) is 91.3 Å². The van der Waals surface area contributed by atoms with Gasteiger partial charge in [0.25, 0.3) is 5.91 Å². The quantitative estimate of drug-likeness (QED) is 0.747. The Labute approximate surface area is 125 Å². The van der Waals surface area contributed by atoms with Gasteiger partial charge in [-0.2, -0.15) is 0 Å². The van der Waals surface area contributed by atoms with E-state index in [9.17, 15) is 9.59 Å². The molecule has 1 aromatic heterocycles. The number of nitrogens with zero attached hydrogens (tertiary/aromatic N) is 1. The number of nitrogens with one attached hydrogen (secondary N) is 2. The summed E-state index contributed by atoms with van der Waals surface area (Å²) in [5.74, 6) is -1.12. The van der Waals surface area contributed by atoms with Crippen LogP contribution in [0, 0.1) is 5.41 Å². The Morgan fingerprint density at radius 1 is 1.38 bits per heavy atom. The summed E-state index contributed by atoms with van der Waals surface area (Å²) in [5, 5.41) is 14.7. The van der Waals surface area contributed by atoms with Crippen LogP contribution in [0.4, 0.5) is 5.69 Å². The summed E-state index contributed by atoms with van der Waals surface area (Å²) in [4.78, 5) is 26.5. The van der Waals surface area contributed by atoms with Crippen LogP contribution in [0.5, 0.6) is 0 Å². The molecular weight excluding hydrogens is 270 g/mol. The lowest BCUT2D eigenvalue weighted by Crippen LogP contribution is -2.28. The minimum Gasteiger partial charge on any atom is -0.481 e. The van der Waals surface area contributed by atoms with Crippen molar-refractivity contribution in [3.05, 3.63) is 24.0 Å². The third kappa shape index (κ3) is 6.25. The number of rotatable bonds is 6. The molecule has 1 atom stereocenters. The Morgan fingerprint density at radius 2 is 2.05 bits per heavy atom. The zero-order valence-electron chi connectivity index (χ0n) is 12.9. The van der Waals surface area contributed by atoms with E-state index in [1.54, 1.807) is 12.1 Å². The summed E-state index contributed by atoms with van der Waals surface area (Å²) in [6.07, 6.45) is 2.26. The van der Waals surface area contributed by atoms with Gasteiger partial charge in [0.05, 0.1) is 6.42 Å². The number of aliphatic carboxylic acids is 1. The molecule has 1 amide bonds. The van der Waals surface area contributed by atoms with E-state index in [0.29, 0.717) is 17.8 Å². The number of hydrogen-bond acceptors (Lipinski definition) is 4. The first-order valence-electron chi connectivity index (χ1n) is 6.88. The van der Waals surface area contributed by atoms with E-state index in [0.717, 1.165) is 0 Å². The van der Waals surface area contributed by atoms with E-state index in [-0.39, 0.29) is 23.8 Å². The number of hydrogen-bond donors (Lipinski definition) is 3. The Balaban J connectivity index is 2.87. The first-order chi connectivity index (χ1) is 9.71. The summed E-state index contributed by atoms with van der Waals surface area (Å²) < 4.78 is 0. The predicted octanol–water partition coefficient (Wildman–Crippen LogP) is 2.13. The molecule has 0 fully saturated rings. The van der Waals surface area contributed by atoms with Crippen LogP contribution in [0.1, 0.15) is 44.1 Å². The molecule has 6 nitrogen and oxygen atoms in total. The third-order valence-electron chi connectivity index (χ3n) is 2.87. The highest BCUT2D eigenvalue weighted by Crippen LogP contribution is 2.24. The first kappa shape index (κ1) is 16.9. The SMILES string of the molecule is CNC(=O)c1cc(NC(CC(=O)O)CC(C)(C)C)ccn1. The number of pyridine rings is 1. The maximum atomic E-state index is 11.6. The van der Waals surface area contributed by atoms with Crippen molar-refractivity contribution in [3.8, 4) is 0 Å². The summed E-state index contributed by atoms with van der Waals surface area (Å²) in [7, 11) is 1.54. The van der Waals surface area contributed by atoms with E-state index in [4.69, 9.17) is 5.11 Å². The molecule has 0 saturated carbocycles. The Bertz CT molecular complexity index is 509. The van der Waals surface area contributed by atoms with Crippen LogP contribution in [-0.4, -0.2) is 35.1 Å². The van der Waals surface area contributed by atoms with E-state index >= 15 is 0 Å². The smallest absolute Gasteiger partial charge is 0.305 e. The molecule has 1 aromatic rings. The van der Waals surface area contributed by atoms with Gasteiger partial charge in [0.1, 0.15) is 5.69 Å². The number of carbonyl (C=O) groups excluding carboxylic acids is 1. The molecule has 0 radical (unpaired) electrons. The van der Waals surface area contributed by atoms with Gasteiger partial charge in [-0.3, -0.25) is 14.6 Å². The molecule has 0 aliphatic rings. The molecule has 0 bridgehead atoms. The molecule has 6 heteroatoms. The summed E-state index contributed by atoms with van der Waals surface area (Å²) >= 11 is 0. The fourth-order valence-corrected chi connectivity index (χ4v) is 2.13. The number of aromatic nitrogens is 1. The molecule has 0 saturated heterocycles. The van der Waals surface area contributed by atoms with Gasteiger partial charge in [-0.15, -0.1) is 0 Å². The van der Waals surface area contributed by atoms with Crippen molar-refractivity contribution in [1.82, 2.24) is 10.3 Å². The largest absolute Gasteiger partial charge is 0.481 e. The van der Waals surface area contributed by atoms with Gasteiger partial charge in [-0.05, 0) is 24.0 Å². The Morgan fingerprint density at radius 3 is 2.57 bits per heavy atom. The Kier molecular flexibility index (Phi) is 5.69. The standard InChI is InChI=1S/C15H23N3O3/c1-15(2,3)9-11(8-13(19)20)18-10-5-6-17-12(7-10)14(21)16-4/h5-7,11H,8-9H2,1-4H3,(H,16,21)(H,17,18)(H,19,20). The monoisotopic (exact) mass is 293 g/mol. The minimum absolute atomic E-state index is 0.00374. The molecule has 0 aromatic carbocycles. The van der Waals surface area contributed by atoms with Crippen molar-refractivity contribution in [2.75, 3.05) is 12.4 Å². The summed E-state index contributed by atoms with van der Waals surface area (Å²) in [5.41, 5.74) is 0.996. The van der Waals surface area contributed by atoms with Crippen molar-refractivity contribution in [2.24, 2.45) is 5.41 Å². The second-order valence-corrected chi connectivity index (χ2v) is 6.21. The van der Waals surface area contributed by atoms with Crippen LogP contribution < -0.4 is 10.6 Å².